The van der Waals surface area contributed by atoms with Crippen LogP contribution in [-0.2, 0) is 0 Å². The van der Waals surface area contributed by atoms with Gasteiger partial charge in [-0.25, -0.2) is 0 Å². The van der Waals surface area contributed by atoms with Crippen LogP contribution < -0.4 is 5.56 Å². The van der Waals surface area contributed by atoms with Gasteiger partial charge in [0.15, 0.2) is 0 Å². The van der Waals surface area contributed by atoms with Crippen molar-refractivity contribution in [2.24, 2.45) is 0 Å². The van der Waals surface area contributed by atoms with E-state index in [4.69, 9.17) is 16.9 Å². The number of hydrogen-bond donors (Lipinski definition) is 1. The van der Waals surface area contributed by atoms with E-state index in [1.807, 2.05) is 24.3 Å². The van der Waals surface area contributed by atoms with Gasteiger partial charge in [-0.2, -0.15) is 5.26 Å². The molecule has 0 saturated carbocycles. The van der Waals surface area contributed by atoms with Crippen LogP contribution in [0.1, 0.15) is 5.56 Å². The van der Waals surface area contributed by atoms with Crippen molar-refractivity contribution in [1.29, 1.82) is 5.26 Å². The summed E-state index contributed by atoms with van der Waals surface area (Å²) in [5.41, 5.74) is 2.97. The molecule has 0 amide bonds. The highest BCUT2D eigenvalue weighted by Crippen LogP contribution is 2.33. The molecule has 0 aliphatic rings. The number of fused-ring (bicyclic) bond motifs is 1. The van der Waals surface area contributed by atoms with Crippen molar-refractivity contribution in [3.8, 4) is 17.2 Å². The molecule has 2 aromatic carbocycles. The number of hydrogen-bond acceptors (Lipinski definition) is 2. The van der Waals surface area contributed by atoms with Crippen LogP contribution in [0.2, 0.25) is 5.02 Å². The highest BCUT2D eigenvalue weighted by Gasteiger charge is 2.08. The summed E-state index contributed by atoms with van der Waals surface area (Å²) in [5.74, 6) is 0. The summed E-state index contributed by atoms with van der Waals surface area (Å²) in [6, 6.07) is 16.2. The van der Waals surface area contributed by atoms with Crippen LogP contribution in [0, 0.1) is 11.3 Å². The molecular formula is C16H9ClN2O. The molecule has 0 radical (unpaired) electrons. The van der Waals surface area contributed by atoms with Crippen molar-refractivity contribution >= 4 is 22.5 Å². The predicted octanol–water partition coefficient (Wildman–Crippen LogP) is 3.72. The molecule has 3 aromatic rings. The Hall–Kier alpha value is -2.57. The number of pyridine rings is 1. The zero-order valence-corrected chi connectivity index (χ0v) is 11.1. The second-order valence-corrected chi connectivity index (χ2v) is 4.78. The van der Waals surface area contributed by atoms with Crippen LogP contribution in [-0.4, -0.2) is 4.98 Å². The zero-order valence-electron chi connectivity index (χ0n) is 10.4. The molecule has 4 heteroatoms. The summed E-state index contributed by atoms with van der Waals surface area (Å²) in [4.78, 5) is 14.0. The van der Waals surface area contributed by atoms with Gasteiger partial charge in [-0.3, -0.25) is 4.79 Å². The molecule has 1 N–H and O–H groups in total. The smallest absolute Gasteiger partial charge is 0.248 e. The van der Waals surface area contributed by atoms with Gasteiger partial charge in [0.1, 0.15) is 0 Å². The Morgan fingerprint density at radius 1 is 1.00 bits per heavy atom. The van der Waals surface area contributed by atoms with E-state index < -0.39 is 0 Å². The third kappa shape index (κ3) is 2.07. The van der Waals surface area contributed by atoms with Crippen LogP contribution in [0.15, 0.2) is 53.3 Å². The Balaban J connectivity index is 2.21. The van der Waals surface area contributed by atoms with Gasteiger partial charge in [-0.1, -0.05) is 29.8 Å². The number of nitrogens with zero attached hydrogens (tertiary/aromatic N) is 1. The molecule has 96 valence electrons. The van der Waals surface area contributed by atoms with E-state index in [0.717, 1.165) is 16.5 Å². The zero-order chi connectivity index (χ0) is 14.1. The molecule has 0 bridgehead atoms. The SMILES string of the molecule is N#Cc1ccc(-c2ccc3[nH]c(=O)ccc3c2Cl)cc1. The van der Waals surface area contributed by atoms with Crippen molar-refractivity contribution in [2.45, 2.75) is 0 Å². The predicted molar refractivity (Wildman–Crippen MR) is 79.7 cm³/mol. The Morgan fingerprint density at radius 2 is 1.75 bits per heavy atom. The van der Waals surface area contributed by atoms with Crippen molar-refractivity contribution in [3.05, 3.63) is 69.5 Å². The third-order valence-corrected chi connectivity index (χ3v) is 3.57. The van der Waals surface area contributed by atoms with Crippen LogP contribution in [0.4, 0.5) is 0 Å². The largest absolute Gasteiger partial charge is 0.322 e. The Kier molecular flexibility index (Phi) is 3.02. The molecule has 0 aliphatic heterocycles. The molecule has 0 aliphatic carbocycles. The van der Waals surface area contributed by atoms with E-state index in [1.165, 1.54) is 6.07 Å². The van der Waals surface area contributed by atoms with Crippen LogP contribution in [0.25, 0.3) is 22.0 Å². The molecule has 3 nitrogen and oxygen atoms in total. The molecule has 0 saturated heterocycles. The quantitative estimate of drug-likeness (QED) is 0.738. The van der Waals surface area contributed by atoms with E-state index >= 15 is 0 Å². The number of benzene rings is 2. The third-order valence-electron chi connectivity index (χ3n) is 3.16. The van der Waals surface area contributed by atoms with Crippen LogP contribution in [0.5, 0.6) is 0 Å². The summed E-state index contributed by atoms with van der Waals surface area (Å²) >= 11 is 6.42. The van der Waals surface area contributed by atoms with E-state index in [2.05, 4.69) is 11.1 Å². The number of H-pyrrole nitrogens is 1. The number of halogens is 1. The number of rotatable bonds is 1. The standard InChI is InChI=1S/C16H9ClN2O/c17-16-12(11-3-1-10(9-18)2-4-11)5-7-14-13(16)6-8-15(20)19-14/h1-8H,(H,19,20). The fourth-order valence-corrected chi connectivity index (χ4v) is 2.48. The summed E-state index contributed by atoms with van der Waals surface area (Å²) in [6.45, 7) is 0. The molecular weight excluding hydrogens is 272 g/mol. The minimum atomic E-state index is -0.153. The van der Waals surface area contributed by atoms with Crippen molar-refractivity contribution in [2.75, 3.05) is 0 Å². The Morgan fingerprint density at radius 3 is 2.45 bits per heavy atom. The second kappa shape index (κ2) is 4.84. The molecule has 20 heavy (non-hydrogen) atoms. The molecule has 0 fully saturated rings. The lowest BCUT2D eigenvalue weighted by molar-refractivity contribution is 1.31. The number of nitrogens with one attached hydrogen (secondary N) is 1. The second-order valence-electron chi connectivity index (χ2n) is 4.40. The fourth-order valence-electron chi connectivity index (χ4n) is 2.15. The molecule has 1 heterocycles. The summed E-state index contributed by atoms with van der Waals surface area (Å²) in [5, 5.41) is 10.2. The van der Waals surface area contributed by atoms with Gasteiger partial charge in [-0.05, 0) is 29.8 Å². The highest BCUT2D eigenvalue weighted by molar-refractivity contribution is 6.38. The van der Waals surface area contributed by atoms with Crippen molar-refractivity contribution in [1.82, 2.24) is 4.98 Å². The first-order chi connectivity index (χ1) is 9.69. The summed E-state index contributed by atoms with van der Waals surface area (Å²) in [6.07, 6.45) is 0. The lowest BCUT2D eigenvalue weighted by Gasteiger charge is -2.08. The van der Waals surface area contributed by atoms with Crippen molar-refractivity contribution < 1.29 is 0 Å². The van der Waals surface area contributed by atoms with E-state index in [-0.39, 0.29) is 5.56 Å². The number of aromatic nitrogens is 1. The fraction of sp³-hybridized carbons (Fsp3) is 0. The molecule has 3 rings (SSSR count). The summed E-state index contributed by atoms with van der Waals surface area (Å²) < 4.78 is 0. The average molecular weight is 281 g/mol. The number of aromatic amines is 1. The maximum atomic E-state index is 11.3. The summed E-state index contributed by atoms with van der Waals surface area (Å²) in [7, 11) is 0. The van der Waals surface area contributed by atoms with Gasteiger partial charge in [0.2, 0.25) is 5.56 Å². The van der Waals surface area contributed by atoms with Gasteiger partial charge in [0.05, 0.1) is 16.7 Å². The van der Waals surface area contributed by atoms with E-state index in [9.17, 15) is 4.79 Å². The molecule has 1 aromatic heterocycles. The lowest BCUT2D eigenvalue weighted by atomic mass is 10.0. The van der Waals surface area contributed by atoms with Gasteiger partial charge < -0.3 is 4.98 Å². The van der Waals surface area contributed by atoms with Gasteiger partial charge in [0, 0.05) is 22.5 Å². The molecule has 0 unspecified atom stereocenters. The molecule has 0 spiro atoms. The topological polar surface area (TPSA) is 56.6 Å². The minimum Gasteiger partial charge on any atom is -0.322 e. The minimum absolute atomic E-state index is 0.153. The first-order valence-electron chi connectivity index (χ1n) is 6.01. The van der Waals surface area contributed by atoms with E-state index in [1.54, 1.807) is 18.2 Å². The monoisotopic (exact) mass is 280 g/mol. The van der Waals surface area contributed by atoms with Gasteiger partial charge in [0.25, 0.3) is 0 Å². The Labute approximate surface area is 120 Å². The average Bonchev–Trinajstić information content (AvgIpc) is 2.48. The number of nitriles is 1. The highest BCUT2D eigenvalue weighted by atomic mass is 35.5. The van der Waals surface area contributed by atoms with Gasteiger partial charge in [-0.15, -0.1) is 0 Å². The Bertz CT molecular complexity index is 889. The first-order valence-corrected chi connectivity index (χ1v) is 6.39. The van der Waals surface area contributed by atoms with Crippen LogP contribution >= 0.6 is 11.6 Å². The first kappa shape index (κ1) is 12.5. The van der Waals surface area contributed by atoms with E-state index in [0.29, 0.717) is 16.1 Å². The van der Waals surface area contributed by atoms with Crippen LogP contribution in [0.3, 0.4) is 0 Å². The molecule has 0 atom stereocenters. The van der Waals surface area contributed by atoms with Crippen molar-refractivity contribution in [3.63, 3.8) is 0 Å². The maximum absolute atomic E-state index is 11.3. The normalized spacial score (nSPS) is 10.4. The van der Waals surface area contributed by atoms with Gasteiger partial charge >= 0.3 is 0 Å². The lowest BCUT2D eigenvalue weighted by Crippen LogP contribution is -2.02. The maximum Gasteiger partial charge on any atom is 0.248 e.